The predicted octanol–water partition coefficient (Wildman–Crippen LogP) is 3.20. The first-order valence-corrected chi connectivity index (χ1v) is 6.53. The van der Waals surface area contributed by atoms with Crippen molar-refractivity contribution in [1.82, 2.24) is 9.78 Å². The summed E-state index contributed by atoms with van der Waals surface area (Å²) >= 11 is 6.06. The minimum absolute atomic E-state index is 0.0215. The summed E-state index contributed by atoms with van der Waals surface area (Å²) < 4.78 is 1.93. The van der Waals surface area contributed by atoms with E-state index in [1.807, 2.05) is 35.9 Å². The van der Waals surface area contributed by atoms with Gasteiger partial charge in [0, 0.05) is 16.6 Å². The van der Waals surface area contributed by atoms with Crippen molar-refractivity contribution in [3.8, 4) is 5.69 Å². The number of rotatable bonds is 3. The first kappa shape index (κ1) is 11.8. The quantitative estimate of drug-likeness (QED) is 0.922. The molecule has 0 bridgehead atoms. The Kier molecular flexibility index (Phi) is 2.88. The summed E-state index contributed by atoms with van der Waals surface area (Å²) in [6.07, 6.45) is 2.41. The van der Waals surface area contributed by atoms with Gasteiger partial charge in [-0.1, -0.05) is 17.7 Å². The maximum atomic E-state index is 9.25. The van der Waals surface area contributed by atoms with E-state index in [4.69, 9.17) is 11.6 Å². The van der Waals surface area contributed by atoms with Crippen LogP contribution in [0.5, 0.6) is 0 Å². The van der Waals surface area contributed by atoms with Gasteiger partial charge in [0.15, 0.2) is 0 Å². The molecule has 94 valence electrons. The molecule has 18 heavy (non-hydrogen) atoms. The van der Waals surface area contributed by atoms with Crippen LogP contribution >= 0.6 is 11.6 Å². The van der Waals surface area contributed by atoms with Gasteiger partial charge in [-0.2, -0.15) is 5.10 Å². The summed E-state index contributed by atoms with van der Waals surface area (Å²) in [6.45, 7) is 2.02. The molecule has 3 rings (SSSR count). The summed E-state index contributed by atoms with van der Waals surface area (Å²) in [4.78, 5) is 0. The molecular formula is C14H15ClN2O. The maximum absolute atomic E-state index is 9.25. The van der Waals surface area contributed by atoms with Crippen LogP contribution in [-0.2, 0) is 6.61 Å². The van der Waals surface area contributed by atoms with Crippen molar-refractivity contribution < 1.29 is 5.11 Å². The zero-order chi connectivity index (χ0) is 12.7. The van der Waals surface area contributed by atoms with Crippen molar-refractivity contribution in [3.63, 3.8) is 0 Å². The lowest BCUT2D eigenvalue weighted by molar-refractivity contribution is 0.276. The van der Waals surface area contributed by atoms with Crippen molar-refractivity contribution >= 4 is 11.6 Å². The molecular weight excluding hydrogens is 248 g/mol. The minimum Gasteiger partial charge on any atom is -0.390 e. The lowest BCUT2D eigenvalue weighted by atomic mass is 10.2. The molecule has 4 heteroatoms. The summed E-state index contributed by atoms with van der Waals surface area (Å²) in [5.74, 6) is 0.580. The molecule has 0 unspecified atom stereocenters. The summed E-state index contributed by atoms with van der Waals surface area (Å²) in [5.41, 5.74) is 4.04. The van der Waals surface area contributed by atoms with E-state index in [-0.39, 0.29) is 6.61 Å². The molecule has 1 fully saturated rings. The molecule has 0 spiro atoms. The van der Waals surface area contributed by atoms with Gasteiger partial charge >= 0.3 is 0 Å². The van der Waals surface area contributed by atoms with Crippen molar-refractivity contribution in [2.75, 3.05) is 0 Å². The first-order chi connectivity index (χ1) is 8.69. The van der Waals surface area contributed by atoms with Crippen LogP contribution in [0.1, 0.15) is 35.7 Å². The fraction of sp³-hybridized carbons (Fsp3) is 0.357. The average molecular weight is 263 g/mol. The van der Waals surface area contributed by atoms with Gasteiger partial charge in [-0.05, 0) is 43.5 Å². The van der Waals surface area contributed by atoms with E-state index in [9.17, 15) is 5.11 Å². The van der Waals surface area contributed by atoms with Gasteiger partial charge in [-0.15, -0.1) is 0 Å². The summed E-state index contributed by atoms with van der Waals surface area (Å²) in [7, 11) is 0. The zero-order valence-electron chi connectivity index (χ0n) is 10.2. The molecule has 0 amide bonds. The topological polar surface area (TPSA) is 38.0 Å². The van der Waals surface area contributed by atoms with Crippen molar-refractivity contribution in [3.05, 3.63) is 46.2 Å². The Morgan fingerprint density at radius 1 is 1.39 bits per heavy atom. The first-order valence-electron chi connectivity index (χ1n) is 6.15. The lowest BCUT2D eigenvalue weighted by Crippen LogP contribution is -2.03. The number of hydrogen-bond donors (Lipinski definition) is 1. The highest BCUT2D eigenvalue weighted by molar-refractivity contribution is 6.30. The second-order valence-corrected chi connectivity index (χ2v) is 5.27. The average Bonchev–Trinajstić information content (AvgIpc) is 3.12. The third-order valence-corrected chi connectivity index (χ3v) is 3.58. The molecule has 1 aliphatic carbocycles. The highest BCUT2D eigenvalue weighted by Gasteiger charge is 2.28. The third kappa shape index (κ3) is 2.04. The standard InChI is InChI=1S/C14H15ClN2O/c1-9-2-5-11(15)6-13(9)17-14(10-3-4-10)7-12(8-18)16-17/h2,5-7,10,18H,3-4,8H2,1H3. The van der Waals surface area contributed by atoms with Gasteiger partial charge in [0.05, 0.1) is 18.0 Å². The highest BCUT2D eigenvalue weighted by atomic mass is 35.5. The van der Waals surface area contributed by atoms with Gasteiger partial charge in [0.1, 0.15) is 0 Å². The van der Waals surface area contributed by atoms with E-state index in [1.54, 1.807) is 0 Å². The van der Waals surface area contributed by atoms with E-state index in [0.29, 0.717) is 10.9 Å². The SMILES string of the molecule is Cc1ccc(Cl)cc1-n1nc(CO)cc1C1CC1. The van der Waals surface area contributed by atoms with Gasteiger partial charge in [0.2, 0.25) is 0 Å². The smallest absolute Gasteiger partial charge is 0.0886 e. The molecule has 0 aliphatic heterocycles. The number of aryl methyl sites for hydroxylation is 1. The number of benzene rings is 1. The molecule has 1 saturated carbocycles. The Balaban J connectivity index is 2.14. The summed E-state index contributed by atoms with van der Waals surface area (Å²) in [6, 6.07) is 7.80. The molecule has 1 aliphatic rings. The van der Waals surface area contributed by atoms with Gasteiger partial charge < -0.3 is 5.11 Å². The monoisotopic (exact) mass is 262 g/mol. The Bertz CT molecular complexity index is 587. The second-order valence-electron chi connectivity index (χ2n) is 4.84. The number of nitrogens with zero attached hydrogens (tertiary/aromatic N) is 2. The lowest BCUT2D eigenvalue weighted by Gasteiger charge is -2.10. The number of aromatic nitrogens is 2. The van der Waals surface area contributed by atoms with Crippen LogP contribution in [0.2, 0.25) is 5.02 Å². The largest absolute Gasteiger partial charge is 0.390 e. The number of hydrogen-bond acceptors (Lipinski definition) is 2. The molecule has 1 aromatic heterocycles. The number of aliphatic hydroxyl groups excluding tert-OH is 1. The van der Waals surface area contributed by atoms with Crippen LogP contribution in [0, 0.1) is 6.92 Å². The normalized spacial score (nSPS) is 15.1. The molecule has 0 saturated heterocycles. The number of aliphatic hydroxyl groups is 1. The number of halogens is 1. The third-order valence-electron chi connectivity index (χ3n) is 3.34. The van der Waals surface area contributed by atoms with Gasteiger partial charge in [0.25, 0.3) is 0 Å². The fourth-order valence-corrected chi connectivity index (χ4v) is 2.36. The zero-order valence-corrected chi connectivity index (χ0v) is 11.0. The van der Waals surface area contributed by atoms with E-state index >= 15 is 0 Å². The van der Waals surface area contributed by atoms with Crippen LogP contribution in [0.3, 0.4) is 0 Å². The van der Waals surface area contributed by atoms with Gasteiger partial charge in [-0.3, -0.25) is 0 Å². The predicted molar refractivity (Wildman–Crippen MR) is 71.2 cm³/mol. The second kappa shape index (κ2) is 4.41. The Morgan fingerprint density at radius 3 is 2.83 bits per heavy atom. The molecule has 1 heterocycles. The van der Waals surface area contributed by atoms with Crippen LogP contribution in [0.4, 0.5) is 0 Å². The van der Waals surface area contributed by atoms with Gasteiger partial charge in [-0.25, -0.2) is 4.68 Å². The molecule has 2 aromatic rings. The minimum atomic E-state index is -0.0215. The van der Waals surface area contributed by atoms with Crippen LogP contribution in [-0.4, -0.2) is 14.9 Å². The highest BCUT2D eigenvalue weighted by Crippen LogP contribution is 2.41. The van der Waals surface area contributed by atoms with Crippen LogP contribution in [0.25, 0.3) is 5.69 Å². The van der Waals surface area contributed by atoms with Crippen LogP contribution < -0.4 is 0 Å². The molecule has 0 atom stereocenters. The fourth-order valence-electron chi connectivity index (χ4n) is 2.20. The van der Waals surface area contributed by atoms with Crippen molar-refractivity contribution in [1.29, 1.82) is 0 Å². The molecule has 1 N–H and O–H groups in total. The van der Waals surface area contributed by atoms with Crippen molar-refractivity contribution in [2.45, 2.75) is 32.3 Å². The maximum Gasteiger partial charge on any atom is 0.0886 e. The van der Waals surface area contributed by atoms with E-state index < -0.39 is 0 Å². The summed E-state index contributed by atoms with van der Waals surface area (Å²) in [5, 5.41) is 14.4. The Morgan fingerprint density at radius 2 is 2.17 bits per heavy atom. The Hall–Kier alpha value is -1.32. The molecule has 1 aromatic carbocycles. The van der Waals surface area contributed by atoms with E-state index in [1.165, 1.54) is 18.5 Å². The Labute approximate surface area is 111 Å². The van der Waals surface area contributed by atoms with E-state index in [2.05, 4.69) is 5.10 Å². The molecule has 3 nitrogen and oxygen atoms in total. The van der Waals surface area contributed by atoms with Crippen molar-refractivity contribution in [2.24, 2.45) is 0 Å². The molecule has 0 radical (unpaired) electrons. The van der Waals surface area contributed by atoms with E-state index in [0.717, 1.165) is 16.9 Å². The van der Waals surface area contributed by atoms with Crippen LogP contribution in [0.15, 0.2) is 24.3 Å².